The Morgan fingerprint density at radius 1 is 1.44 bits per heavy atom. The van der Waals surface area contributed by atoms with Crippen molar-refractivity contribution in [2.24, 2.45) is 0 Å². The van der Waals surface area contributed by atoms with E-state index in [-0.39, 0.29) is 17.7 Å². The van der Waals surface area contributed by atoms with Gasteiger partial charge in [-0.2, -0.15) is 0 Å². The molecule has 0 aliphatic heterocycles. The van der Waals surface area contributed by atoms with Gasteiger partial charge in [-0.05, 0) is 31.5 Å². The Morgan fingerprint density at radius 3 is 2.67 bits per heavy atom. The number of rotatable bonds is 5. The number of nitrogens with one attached hydrogen (secondary N) is 1. The monoisotopic (exact) mass is 289 g/mol. The first kappa shape index (κ1) is 15.0. The summed E-state index contributed by atoms with van der Waals surface area (Å²) < 4.78 is 22.0. The number of benzene rings is 1. The number of carbonyl (C=O) groups excluding carboxylic acids is 1. The van der Waals surface area contributed by atoms with E-state index in [1.807, 2.05) is 0 Å². The van der Waals surface area contributed by atoms with Crippen LogP contribution in [-0.2, 0) is 9.84 Å². The van der Waals surface area contributed by atoms with Crippen molar-refractivity contribution in [3.05, 3.63) is 34.9 Å². The summed E-state index contributed by atoms with van der Waals surface area (Å²) in [4.78, 5) is 11.8. The number of amides is 1. The second-order valence-electron chi connectivity index (χ2n) is 4.30. The Kier molecular flexibility index (Phi) is 5.16. The van der Waals surface area contributed by atoms with Gasteiger partial charge in [-0.15, -0.1) is 0 Å². The van der Waals surface area contributed by atoms with Gasteiger partial charge < -0.3 is 5.32 Å². The Bertz CT molecular complexity index is 528. The minimum absolute atomic E-state index is 0.0595. The normalized spacial score (nSPS) is 13.1. The van der Waals surface area contributed by atoms with E-state index in [4.69, 9.17) is 11.6 Å². The highest BCUT2D eigenvalue weighted by atomic mass is 35.5. The van der Waals surface area contributed by atoms with Crippen molar-refractivity contribution in [2.75, 3.05) is 12.0 Å². The standard InChI is InChI=1S/C12H16ClNO3S/c1-9(6-7-18(2,16)17)14-12(15)10-4-3-5-11(13)8-10/h3-5,8-9H,6-7H2,1-2H3,(H,14,15)/t9-/m1/s1. The van der Waals surface area contributed by atoms with Crippen molar-refractivity contribution in [1.82, 2.24) is 5.32 Å². The van der Waals surface area contributed by atoms with Gasteiger partial charge >= 0.3 is 0 Å². The van der Waals surface area contributed by atoms with Crippen LogP contribution in [0.3, 0.4) is 0 Å². The van der Waals surface area contributed by atoms with Gasteiger partial charge in [0.15, 0.2) is 0 Å². The predicted octanol–water partition coefficient (Wildman–Crippen LogP) is 1.89. The number of hydrogen-bond donors (Lipinski definition) is 1. The molecular weight excluding hydrogens is 274 g/mol. The van der Waals surface area contributed by atoms with Crippen molar-refractivity contribution < 1.29 is 13.2 Å². The first-order valence-electron chi connectivity index (χ1n) is 5.52. The molecule has 0 saturated heterocycles. The molecule has 1 amide bonds. The fourth-order valence-corrected chi connectivity index (χ4v) is 2.37. The highest BCUT2D eigenvalue weighted by Gasteiger charge is 2.12. The first-order valence-corrected chi connectivity index (χ1v) is 7.96. The van der Waals surface area contributed by atoms with Crippen LogP contribution in [0.25, 0.3) is 0 Å². The summed E-state index contributed by atoms with van der Waals surface area (Å²) in [5.41, 5.74) is 0.466. The average molecular weight is 290 g/mol. The Morgan fingerprint density at radius 2 is 2.11 bits per heavy atom. The summed E-state index contributed by atoms with van der Waals surface area (Å²) >= 11 is 5.79. The van der Waals surface area contributed by atoms with Crippen LogP contribution in [0.1, 0.15) is 23.7 Å². The number of halogens is 1. The van der Waals surface area contributed by atoms with Gasteiger partial charge in [0.1, 0.15) is 9.84 Å². The minimum Gasteiger partial charge on any atom is -0.350 e. The molecule has 0 unspecified atom stereocenters. The average Bonchev–Trinajstić information content (AvgIpc) is 2.25. The lowest BCUT2D eigenvalue weighted by atomic mass is 10.2. The third-order valence-electron chi connectivity index (χ3n) is 2.39. The van der Waals surface area contributed by atoms with Crippen LogP contribution in [0, 0.1) is 0 Å². The maximum absolute atomic E-state index is 11.8. The third-order valence-corrected chi connectivity index (χ3v) is 3.60. The largest absolute Gasteiger partial charge is 0.350 e. The number of sulfone groups is 1. The van der Waals surface area contributed by atoms with E-state index in [2.05, 4.69) is 5.32 Å². The molecule has 0 aliphatic carbocycles. The van der Waals surface area contributed by atoms with Crippen molar-refractivity contribution >= 4 is 27.3 Å². The molecule has 1 N–H and O–H groups in total. The quantitative estimate of drug-likeness (QED) is 0.900. The smallest absolute Gasteiger partial charge is 0.251 e. The molecule has 1 aromatic rings. The molecule has 1 aromatic carbocycles. The van der Waals surface area contributed by atoms with E-state index in [0.717, 1.165) is 0 Å². The zero-order valence-corrected chi connectivity index (χ0v) is 11.9. The fraction of sp³-hybridized carbons (Fsp3) is 0.417. The maximum atomic E-state index is 11.8. The molecule has 0 fully saturated rings. The third kappa shape index (κ3) is 5.51. The fourth-order valence-electron chi connectivity index (χ4n) is 1.40. The van der Waals surface area contributed by atoms with Gasteiger partial charge in [-0.25, -0.2) is 8.42 Å². The second-order valence-corrected chi connectivity index (χ2v) is 7.00. The van der Waals surface area contributed by atoms with E-state index in [9.17, 15) is 13.2 Å². The molecule has 1 rings (SSSR count). The van der Waals surface area contributed by atoms with E-state index in [1.54, 1.807) is 31.2 Å². The van der Waals surface area contributed by atoms with Crippen LogP contribution in [0.2, 0.25) is 5.02 Å². The highest BCUT2D eigenvalue weighted by Crippen LogP contribution is 2.10. The van der Waals surface area contributed by atoms with Crippen LogP contribution in [0.15, 0.2) is 24.3 Å². The van der Waals surface area contributed by atoms with E-state index in [0.29, 0.717) is 17.0 Å². The number of carbonyl (C=O) groups is 1. The van der Waals surface area contributed by atoms with Crippen LogP contribution in [0.5, 0.6) is 0 Å². The highest BCUT2D eigenvalue weighted by molar-refractivity contribution is 7.90. The minimum atomic E-state index is -3.00. The molecule has 0 spiro atoms. The predicted molar refractivity (Wildman–Crippen MR) is 72.7 cm³/mol. The molecule has 1 atom stereocenters. The van der Waals surface area contributed by atoms with Gasteiger partial charge in [0, 0.05) is 22.9 Å². The van der Waals surface area contributed by atoms with Gasteiger partial charge in [-0.1, -0.05) is 17.7 Å². The molecule has 0 saturated carbocycles. The summed E-state index contributed by atoms with van der Waals surface area (Å²) in [6.07, 6.45) is 1.57. The topological polar surface area (TPSA) is 63.2 Å². The summed E-state index contributed by atoms with van der Waals surface area (Å²) in [7, 11) is -3.00. The lowest BCUT2D eigenvalue weighted by molar-refractivity contribution is 0.0939. The summed E-state index contributed by atoms with van der Waals surface area (Å²) in [6.45, 7) is 1.77. The first-order chi connectivity index (χ1) is 8.28. The van der Waals surface area contributed by atoms with Crippen molar-refractivity contribution in [3.8, 4) is 0 Å². The van der Waals surface area contributed by atoms with Crippen molar-refractivity contribution in [3.63, 3.8) is 0 Å². The van der Waals surface area contributed by atoms with Gasteiger partial charge in [0.05, 0.1) is 5.75 Å². The molecule has 6 heteroatoms. The zero-order valence-electron chi connectivity index (χ0n) is 10.3. The Balaban J connectivity index is 2.55. The van der Waals surface area contributed by atoms with Crippen molar-refractivity contribution in [1.29, 1.82) is 0 Å². The van der Waals surface area contributed by atoms with E-state index < -0.39 is 9.84 Å². The molecule has 100 valence electrons. The van der Waals surface area contributed by atoms with Gasteiger partial charge in [-0.3, -0.25) is 4.79 Å². The second kappa shape index (κ2) is 6.20. The summed E-state index contributed by atoms with van der Waals surface area (Å²) in [5.74, 6) is -0.192. The van der Waals surface area contributed by atoms with Crippen molar-refractivity contribution in [2.45, 2.75) is 19.4 Å². The molecule has 0 bridgehead atoms. The lowest BCUT2D eigenvalue weighted by Crippen LogP contribution is -2.33. The zero-order chi connectivity index (χ0) is 13.8. The lowest BCUT2D eigenvalue weighted by Gasteiger charge is -2.13. The molecular formula is C12H16ClNO3S. The molecule has 0 aliphatic rings. The Hall–Kier alpha value is -1.07. The van der Waals surface area contributed by atoms with Crippen LogP contribution < -0.4 is 5.32 Å². The van der Waals surface area contributed by atoms with Gasteiger partial charge in [0.2, 0.25) is 0 Å². The molecule has 0 heterocycles. The molecule has 0 aromatic heterocycles. The molecule has 0 radical (unpaired) electrons. The van der Waals surface area contributed by atoms with Gasteiger partial charge in [0.25, 0.3) is 5.91 Å². The van der Waals surface area contributed by atoms with E-state index in [1.165, 1.54) is 6.26 Å². The summed E-state index contributed by atoms with van der Waals surface area (Å²) in [5, 5.41) is 3.23. The van der Waals surface area contributed by atoms with Crippen LogP contribution in [-0.4, -0.2) is 32.4 Å². The SMILES string of the molecule is C[C@H](CCS(C)(=O)=O)NC(=O)c1cccc(Cl)c1. The Labute approximate surface area is 112 Å². The maximum Gasteiger partial charge on any atom is 0.251 e. The van der Waals surface area contributed by atoms with Crippen LogP contribution in [0.4, 0.5) is 0 Å². The van der Waals surface area contributed by atoms with E-state index >= 15 is 0 Å². The molecule has 4 nitrogen and oxygen atoms in total. The summed E-state index contributed by atoms with van der Waals surface area (Å²) in [6, 6.07) is 6.40. The van der Waals surface area contributed by atoms with Crippen LogP contribution >= 0.6 is 11.6 Å². The number of hydrogen-bond acceptors (Lipinski definition) is 3. The molecule has 18 heavy (non-hydrogen) atoms.